The molecule has 0 saturated heterocycles. The molecule has 4 aromatic rings. The molecule has 0 saturated carbocycles. The van der Waals surface area contributed by atoms with Gasteiger partial charge in [0.05, 0.1) is 4.88 Å². The number of rotatable bonds is 3. The zero-order chi connectivity index (χ0) is 17.7. The van der Waals surface area contributed by atoms with Crippen molar-refractivity contribution in [3.63, 3.8) is 0 Å². The standard InChI is InChI=1S/C24H18BS/c1-4-11-21(12-5-1)25(22-13-6-2-7-14-22,23-15-8-3-9-16-23)19-18-24-17-10-20-26-24/h1-17,20H/q-1. The Bertz CT molecular complexity index is 915. The van der Waals surface area contributed by atoms with E-state index in [0.717, 1.165) is 4.88 Å². The van der Waals surface area contributed by atoms with Gasteiger partial charge in [-0.3, -0.25) is 5.82 Å². The molecule has 0 spiro atoms. The Morgan fingerprint density at radius 3 is 1.38 bits per heavy atom. The number of hydrogen-bond acceptors (Lipinski definition) is 1. The lowest BCUT2D eigenvalue weighted by Crippen LogP contribution is -2.66. The van der Waals surface area contributed by atoms with Gasteiger partial charge in [0.2, 0.25) is 0 Å². The SMILES string of the molecule is C(#C[B-](c1ccccc1)(c1ccccc1)c1ccccc1)c1cccs1. The quantitative estimate of drug-likeness (QED) is 0.390. The van der Waals surface area contributed by atoms with Crippen molar-refractivity contribution in [3.8, 4) is 11.7 Å². The Morgan fingerprint density at radius 1 is 0.538 bits per heavy atom. The molecule has 0 bridgehead atoms. The summed E-state index contributed by atoms with van der Waals surface area (Å²) in [7, 11) is 0. The van der Waals surface area contributed by atoms with Crippen molar-refractivity contribution < 1.29 is 0 Å². The van der Waals surface area contributed by atoms with Crippen LogP contribution in [0.25, 0.3) is 0 Å². The minimum absolute atomic E-state index is 1.10. The van der Waals surface area contributed by atoms with Gasteiger partial charge in [0.25, 0.3) is 0 Å². The molecule has 0 aliphatic heterocycles. The molecule has 0 aliphatic rings. The van der Waals surface area contributed by atoms with E-state index >= 15 is 0 Å². The van der Waals surface area contributed by atoms with Gasteiger partial charge in [-0.2, -0.15) is 16.4 Å². The summed E-state index contributed by atoms with van der Waals surface area (Å²) in [5.74, 6) is 7.16. The zero-order valence-electron chi connectivity index (χ0n) is 14.4. The summed E-state index contributed by atoms with van der Waals surface area (Å²) in [6, 6.07) is 36.1. The molecule has 0 radical (unpaired) electrons. The Kier molecular flexibility index (Phi) is 4.73. The highest BCUT2D eigenvalue weighted by Crippen LogP contribution is 2.10. The number of benzene rings is 3. The topological polar surface area (TPSA) is 0 Å². The van der Waals surface area contributed by atoms with Gasteiger partial charge in [0, 0.05) is 0 Å². The van der Waals surface area contributed by atoms with Crippen LogP contribution in [-0.4, -0.2) is 6.15 Å². The van der Waals surface area contributed by atoms with Crippen molar-refractivity contribution in [2.75, 3.05) is 0 Å². The zero-order valence-corrected chi connectivity index (χ0v) is 15.2. The predicted octanol–water partition coefficient (Wildman–Crippen LogP) is 3.81. The maximum Gasteiger partial charge on any atom is 0.149 e. The van der Waals surface area contributed by atoms with Crippen molar-refractivity contribution >= 4 is 33.9 Å². The third-order valence-corrected chi connectivity index (χ3v) is 5.62. The van der Waals surface area contributed by atoms with Gasteiger partial charge >= 0.3 is 0 Å². The van der Waals surface area contributed by atoms with E-state index in [1.165, 1.54) is 16.4 Å². The first-order valence-electron chi connectivity index (χ1n) is 8.78. The van der Waals surface area contributed by atoms with Gasteiger partial charge in [-0.05, 0) is 11.4 Å². The second-order valence-electron chi connectivity index (χ2n) is 6.34. The molecule has 0 amide bonds. The summed E-state index contributed by atoms with van der Waals surface area (Å²) in [6.45, 7) is 0. The molecule has 0 N–H and O–H groups in total. The Morgan fingerprint density at radius 2 is 1.00 bits per heavy atom. The molecule has 124 valence electrons. The largest absolute Gasteiger partial charge is 0.291 e. The molecule has 4 rings (SSSR count). The summed E-state index contributed by atoms with van der Waals surface area (Å²) in [5.41, 5.74) is 3.73. The molecule has 0 unspecified atom stereocenters. The summed E-state index contributed by atoms with van der Waals surface area (Å²) >= 11 is 1.69. The van der Waals surface area contributed by atoms with E-state index in [1.807, 2.05) is 0 Å². The van der Waals surface area contributed by atoms with E-state index in [9.17, 15) is 0 Å². The van der Waals surface area contributed by atoms with Crippen LogP contribution in [0.15, 0.2) is 109 Å². The minimum Gasteiger partial charge on any atom is -0.291 e. The molecule has 26 heavy (non-hydrogen) atoms. The molecular formula is C24H18BS-. The second-order valence-corrected chi connectivity index (χ2v) is 7.29. The van der Waals surface area contributed by atoms with Crippen LogP contribution in [0.4, 0.5) is 0 Å². The van der Waals surface area contributed by atoms with Crippen molar-refractivity contribution in [2.45, 2.75) is 0 Å². The van der Waals surface area contributed by atoms with Gasteiger partial charge in [-0.1, -0.05) is 97.1 Å². The van der Waals surface area contributed by atoms with Crippen molar-refractivity contribution in [3.05, 3.63) is 113 Å². The lowest BCUT2D eigenvalue weighted by molar-refractivity contribution is 1.69. The normalized spacial score (nSPS) is 10.8. The second kappa shape index (κ2) is 7.48. The molecule has 0 fully saturated rings. The average Bonchev–Trinajstić information content (AvgIpc) is 3.25. The maximum atomic E-state index is 3.71. The predicted molar refractivity (Wildman–Crippen MR) is 115 cm³/mol. The molecular weight excluding hydrogens is 331 g/mol. The fraction of sp³-hybridized carbons (Fsp3) is 0. The summed E-state index contributed by atoms with van der Waals surface area (Å²) in [5, 5.41) is 2.08. The van der Waals surface area contributed by atoms with E-state index in [-0.39, 0.29) is 0 Å². The average molecular weight is 349 g/mol. The van der Waals surface area contributed by atoms with Crippen LogP contribution < -0.4 is 16.4 Å². The highest BCUT2D eigenvalue weighted by atomic mass is 32.1. The lowest BCUT2D eigenvalue weighted by atomic mass is 9.16. The fourth-order valence-electron chi connectivity index (χ4n) is 3.58. The molecule has 1 aromatic heterocycles. The van der Waals surface area contributed by atoms with Crippen LogP contribution in [0.2, 0.25) is 0 Å². The molecule has 3 aromatic carbocycles. The minimum atomic E-state index is -1.37. The molecule has 1 heterocycles. The van der Waals surface area contributed by atoms with Gasteiger partial charge in [0.1, 0.15) is 6.15 Å². The number of hydrogen-bond donors (Lipinski definition) is 0. The third-order valence-electron chi connectivity index (χ3n) is 4.83. The van der Waals surface area contributed by atoms with Crippen molar-refractivity contribution in [2.24, 2.45) is 0 Å². The first-order chi connectivity index (χ1) is 12.9. The summed E-state index contributed by atoms with van der Waals surface area (Å²) in [4.78, 5) is 1.10. The van der Waals surface area contributed by atoms with E-state index in [2.05, 4.69) is 120 Å². The van der Waals surface area contributed by atoms with Crippen LogP contribution in [0.1, 0.15) is 4.88 Å². The Hall–Kier alpha value is -3.02. The van der Waals surface area contributed by atoms with Gasteiger partial charge in [0.15, 0.2) is 0 Å². The Labute approximate surface area is 159 Å². The van der Waals surface area contributed by atoms with Crippen LogP contribution in [0.5, 0.6) is 0 Å². The van der Waals surface area contributed by atoms with E-state index in [4.69, 9.17) is 0 Å². The van der Waals surface area contributed by atoms with Crippen molar-refractivity contribution in [1.29, 1.82) is 0 Å². The van der Waals surface area contributed by atoms with E-state index in [1.54, 1.807) is 11.3 Å². The monoisotopic (exact) mass is 349 g/mol. The number of thiophene rings is 1. The highest BCUT2D eigenvalue weighted by molar-refractivity contribution is 7.17. The van der Waals surface area contributed by atoms with Gasteiger partial charge in [-0.15, -0.1) is 17.3 Å². The molecule has 2 heteroatoms. The van der Waals surface area contributed by atoms with E-state index in [0.29, 0.717) is 0 Å². The molecule has 0 aliphatic carbocycles. The lowest BCUT2D eigenvalue weighted by Gasteiger charge is -2.38. The third kappa shape index (κ3) is 3.10. The van der Waals surface area contributed by atoms with Gasteiger partial charge < -0.3 is 0 Å². The van der Waals surface area contributed by atoms with E-state index < -0.39 is 6.15 Å². The van der Waals surface area contributed by atoms with Crippen LogP contribution in [-0.2, 0) is 0 Å². The Balaban J connectivity index is 2.03. The molecule has 0 nitrogen and oxygen atoms in total. The first kappa shape index (κ1) is 16.5. The van der Waals surface area contributed by atoms with Crippen LogP contribution >= 0.6 is 11.3 Å². The fourth-order valence-corrected chi connectivity index (χ4v) is 4.16. The first-order valence-corrected chi connectivity index (χ1v) is 9.66. The van der Waals surface area contributed by atoms with Crippen LogP contribution in [0.3, 0.4) is 0 Å². The van der Waals surface area contributed by atoms with Crippen molar-refractivity contribution in [1.82, 2.24) is 0 Å². The van der Waals surface area contributed by atoms with Crippen LogP contribution in [0, 0.1) is 11.7 Å². The smallest absolute Gasteiger partial charge is 0.149 e. The van der Waals surface area contributed by atoms with Gasteiger partial charge in [-0.25, -0.2) is 0 Å². The molecule has 0 atom stereocenters. The maximum absolute atomic E-state index is 3.71. The summed E-state index contributed by atoms with van der Waals surface area (Å²) < 4.78 is 0. The summed E-state index contributed by atoms with van der Waals surface area (Å²) in [6.07, 6.45) is -1.37. The highest BCUT2D eigenvalue weighted by Gasteiger charge is 2.27.